The Morgan fingerprint density at radius 2 is 1.79 bits per heavy atom. The lowest BCUT2D eigenvalue weighted by Gasteiger charge is -2.12. The Hall–Kier alpha value is -2.33. The Morgan fingerprint density at radius 3 is 2.47 bits per heavy atom. The second kappa shape index (κ2) is 6.02. The van der Waals surface area contributed by atoms with E-state index in [1.165, 1.54) is 0 Å². The Morgan fingerprint density at radius 1 is 1.05 bits per heavy atom. The van der Waals surface area contributed by atoms with Gasteiger partial charge >= 0.3 is 6.03 Å². The van der Waals surface area contributed by atoms with E-state index in [0.717, 1.165) is 22.5 Å². The smallest absolute Gasteiger partial charge is 0.323 e. The Balaban J connectivity index is 2.09. The first-order chi connectivity index (χ1) is 9.20. The van der Waals surface area contributed by atoms with Crippen LogP contribution in [0.4, 0.5) is 16.2 Å². The number of rotatable bonds is 3. The fourth-order valence-corrected chi connectivity index (χ4v) is 1.90. The molecule has 0 saturated heterocycles. The zero-order valence-corrected chi connectivity index (χ0v) is 10.8. The van der Waals surface area contributed by atoms with Gasteiger partial charge in [-0.3, -0.25) is 0 Å². The summed E-state index contributed by atoms with van der Waals surface area (Å²) in [6, 6.07) is 14.7. The number of nitrogens with two attached hydrogens (primary N) is 1. The van der Waals surface area contributed by atoms with E-state index in [1.807, 2.05) is 55.5 Å². The van der Waals surface area contributed by atoms with Crippen LogP contribution in [0.25, 0.3) is 0 Å². The number of benzene rings is 2. The van der Waals surface area contributed by atoms with Crippen molar-refractivity contribution in [2.24, 2.45) is 5.73 Å². The molecule has 2 aromatic carbocycles. The van der Waals surface area contributed by atoms with Gasteiger partial charge in [0.1, 0.15) is 0 Å². The minimum atomic E-state index is -0.272. The van der Waals surface area contributed by atoms with Crippen molar-refractivity contribution in [3.63, 3.8) is 0 Å². The molecule has 0 aliphatic rings. The van der Waals surface area contributed by atoms with E-state index in [9.17, 15) is 4.79 Å². The van der Waals surface area contributed by atoms with Crippen LogP contribution in [0.15, 0.2) is 48.5 Å². The first-order valence-corrected chi connectivity index (χ1v) is 6.12. The molecule has 4 nitrogen and oxygen atoms in total. The number of aryl methyl sites for hydroxylation is 1. The van der Waals surface area contributed by atoms with Gasteiger partial charge in [0.05, 0.1) is 0 Å². The number of carbonyl (C=O) groups excluding carboxylic acids is 1. The van der Waals surface area contributed by atoms with E-state index in [-0.39, 0.29) is 6.03 Å². The van der Waals surface area contributed by atoms with Crippen LogP contribution in [0.2, 0.25) is 0 Å². The van der Waals surface area contributed by atoms with Crippen LogP contribution in [0.3, 0.4) is 0 Å². The zero-order valence-electron chi connectivity index (χ0n) is 10.8. The molecule has 0 fully saturated rings. The molecular formula is C15H17N3O. The quantitative estimate of drug-likeness (QED) is 0.789. The molecule has 0 saturated carbocycles. The highest BCUT2D eigenvalue weighted by atomic mass is 16.2. The van der Waals surface area contributed by atoms with Crippen molar-refractivity contribution in [1.82, 2.24) is 0 Å². The molecule has 0 heterocycles. The third-order valence-corrected chi connectivity index (χ3v) is 2.89. The van der Waals surface area contributed by atoms with Crippen LogP contribution in [0.1, 0.15) is 11.1 Å². The number of amides is 2. The number of urea groups is 1. The molecule has 2 amide bonds. The van der Waals surface area contributed by atoms with E-state index in [2.05, 4.69) is 10.6 Å². The maximum atomic E-state index is 11.9. The van der Waals surface area contributed by atoms with E-state index in [1.54, 1.807) is 0 Å². The summed E-state index contributed by atoms with van der Waals surface area (Å²) in [6.07, 6.45) is 0. The van der Waals surface area contributed by atoms with Gasteiger partial charge < -0.3 is 16.4 Å². The Labute approximate surface area is 112 Å². The van der Waals surface area contributed by atoms with Crippen molar-refractivity contribution >= 4 is 17.4 Å². The summed E-state index contributed by atoms with van der Waals surface area (Å²) in [5, 5.41) is 5.59. The van der Waals surface area contributed by atoms with Crippen molar-refractivity contribution in [1.29, 1.82) is 0 Å². The van der Waals surface area contributed by atoms with Gasteiger partial charge in [0.15, 0.2) is 0 Å². The zero-order chi connectivity index (χ0) is 13.7. The molecule has 2 rings (SSSR count). The summed E-state index contributed by atoms with van der Waals surface area (Å²) in [7, 11) is 0. The summed E-state index contributed by atoms with van der Waals surface area (Å²) < 4.78 is 0. The van der Waals surface area contributed by atoms with Crippen LogP contribution in [0, 0.1) is 6.92 Å². The van der Waals surface area contributed by atoms with Crippen LogP contribution < -0.4 is 16.4 Å². The lowest BCUT2D eigenvalue weighted by atomic mass is 10.1. The second-order valence-corrected chi connectivity index (χ2v) is 4.25. The lowest BCUT2D eigenvalue weighted by Crippen LogP contribution is -2.21. The largest absolute Gasteiger partial charge is 0.326 e. The first-order valence-electron chi connectivity index (χ1n) is 6.12. The number of nitrogens with one attached hydrogen (secondary N) is 2. The standard InChI is InChI=1S/C15H17N3O/c1-11-6-5-9-14(13(11)10-16)18-15(19)17-12-7-3-2-4-8-12/h2-9H,10,16H2,1H3,(H2,17,18,19). The number of anilines is 2. The second-order valence-electron chi connectivity index (χ2n) is 4.25. The van der Waals surface area contributed by atoms with Gasteiger partial charge in [0.2, 0.25) is 0 Å². The Bertz CT molecular complexity index is 567. The summed E-state index contributed by atoms with van der Waals surface area (Å²) in [6.45, 7) is 2.37. The maximum Gasteiger partial charge on any atom is 0.323 e. The van der Waals surface area contributed by atoms with Crippen LogP contribution in [-0.2, 0) is 6.54 Å². The summed E-state index contributed by atoms with van der Waals surface area (Å²) >= 11 is 0. The number of para-hydroxylation sites is 1. The maximum absolute atomic E-state index is 11.9. The summed E-state index contributed by atoms with van der Waals surface area (Å²) in [5.41, 5.74) is 9.23. The minimum Gasteiger partial charge on any atom is -0.326 e. The molecule has 0 atom stereocenters. The molecule has 2 aromatic rings. The third-order valence-electron chi connectivity index (χ3n) is 2.89. The van der Waals surface area contributed by atoms with E-state index >= 15 is 0 Å². The average Bonchev–Trinajstić information content (AvgIpc) is 2.40. The van der Waals surface area contributed by atoms with Gasteiger partial charge in [-0.25, -0.2) is 4.79 Å². The fraction of sp³-hybridized carbons (Fsp3) is 0.133. The van der Waals surface area contributed by atoms with E-state index < -0.39 is 0 Å². The van der Waals surface area contributed by atoms with Crippen molar-refractivity contribution in [3.8, 4) is 0 Å². The van der Waals surface area contributed by atoms with Crippen molar-refractivity contribution in [2.75, 3.05) is 10.6 Å². The fourth-order valence-electron chi connectivity index (χ4n) is 1.90. The van der Waals surface area contributed by atoms with E-state index in [0.29, 0.717) is 6.54 Å². The molecule has 0 radical (unpaired) electrons. The van der Waals surface area contributed by atoms with E-state index in [4.69, 9.17) is 5.73 Å². The lowest BCUT2D eigenvalue weighted by molar-refractivity contribution is 0.262. The molecule has 0 aliphatic carbocycles. The highest BCUT2D eigenvalue weighted by Crippen LogP contribution is 2.19. The predicted molar refractivity (Wildman–Crippen MR) is 78.2 cm³/mol. The number of hydrogen-bond donors (Lipinski definition) is 3. The van der Waals surface area contributed by atoms with Crippen LogP contribution in [-0.4, -0.2) is 6.03 Å². The Kier molecular flexibility index (Phi) is 4.15. The summed E-state index contributed by atoms with van der Waals surface area (Å²) in [4.78, 5) is 11.9. The molecule has 19 heavy (non-hydrogen) atoms. The van der Waals surface area contributed by atoms with Gasteiger partial charge in [-0.2, -0.15) is 0 Å². The normalized spacial score (nSPS) is 10.0. The first kappa shape index (κ1) is 13.1. The van der Waals surface area contributed by atoms with Gasteiger partial charge in [0.25, 0.3) is 0 Å². The molecule has 0 aromatic heterocycles. The minimum absolute atomic E-state index is 0.272. The SMILES string of the molecule is Cc1cccc(NC(=O)Nc2ccccc2)c1CN. The molecule has 4 N–H and O–H groups in total. The van der Waals surface area contributed by atoms with Crippen LogP contribution >= 0.6 is 0 Å². The molecule has 0 spiro atoms. The van der Waals surface area contributed by atoms with Crippen molar-refractivity contribution in [3.05, 3.63) is 59.7 Å². The summed E-state index contributed by atoms with van der Waals surface area (Å²) in [5.74, 6) is 0. The van der Waals surface area contributed by atoms with Gasteiger partial charge in [0, 0.05) is 17.9 Å². The number of carbonyl (C=O) groups is 1. The topological polar surface area (TPSA) is 67.2 Å². The average molecular weight is 255 g/mol. The highest BCUT2D eigenvalue weighted by Gasteiger charge is 2.07. The molecular weight excluding hydrogens is 238 g/mol. The van der Waals surface area contributed by atoms with Crippen molar-refractivity contribution < 1.29 is 4.79 Å². The van der Waals surface area contributed by atoms with Gasteiger partial charge in [-0.05, 0) is 36.2 Å². The monoisotopic (exact) mass is 255 g/mol. The molecule has 0 unspecified atom stereocenters. The highest BCUT2D eigenvalue weighted by molar-refractivity contribution is 6.00. The molecule has 0 aliphatic heterocycles. The predicted octanol–water partition coefficient (Wildman–Crippen LogP) is 3.10. The van der Waals surface area contributed by atoms with Gasteiger partial charge in [-0.15, -0.1) is 0 Å². The van der Waals surface area contributed by atoms with Crippen molar-refractivity contribution in [2.45, 2.75) is 13.5 Å². The molecule has 98 valence electrons. The van der Waals surface area contributed by atoms with Gasteiger partial charge in [-0.1, -0.05) is 30.3 Å². The van der Waals surface area contributed by atoms with Crippen LogP contribution in [0.5, 0.6) is 0 Å². The molecule has 4 heteroatoms. The third kappa shape index (κ3) is 3.33. The number of hydrogen-bond acceptors (Lipinski definition) is 2. The molecule has 0 bridgehead atoms.